The maximum absolute atomic E-state index is 10.9. The molecule has 0 atom stereocenters. The second kappa shape index (κ2) is 4.60. The van der Waals surface area contributed by atoms with E-state index in [0.717, 1.165) is 0 Å². The molecule has 0 saturated carbocycles. The first-order chi connectivity index (χ1) is 8.15. The topological polar surface area (TPSA) is 101 Å². The maximum atomic E-state index is 10.9. The van der Waals surface area contributed by atoms with Gasteiger partial charge in [-0.1, -0.05) is 5.16 Å². The highest BCUT2D eigenvalue weighted by Crippen LogP contribution is 2.12. The molecule has 0 bridgehead atoms. The Morgan fingerprint density at radius 1 is 1.53 bits per heavy atom. The fourth-order valence-corrected chi connectivity index (χ4v) is 1.19. The number of aromatic nitrogens is 3. The first-order valence-electron chi connectivity index (χ1n) is 4.91. The van der Waals surface area contributed by atoms with Crippen molar-refractivity contribution < 1.29 is 9.32 Å². The summed E-state index contributed by atoms with van der Waals surface area (Å²) in [6, 6.07) is 2.96. The summed E-state index contributed by atoms with van der Waals surface area (Å²) in [6.07, 6.45) is 1.50. The molecule has 0 aliphatic carbocycles. The van der Waals surface area contributed by atoms with Crippen LogP contribution in [0.25, 0.3) is 11.4 Å². The second-order valence-corrected chi connectivity index (χ2v) is 3.36. The van der Waals surface area contributed by atoms with Crippen LogP contribution < -0.4 is 10.9 Å². The van der Waals surface area contributed by atoms with Crippen molar-refractivity contribution in [3.8, 4) is 11.4 Å². The van der Waals surface area contributed by atoms with Gasteiger partial charge in [0, 0.05) is 24.8 Å². The Labute approximate surface area is 95.9 Å². The van der Waals surface area contributed by atoms with E-state index in [4.69, 9.17) is 4.52 Å². The zero-order valence-electron chi connectivity index (χ0n) is 9.06. The second-order valence-electron chi connectivity index (χ2n) is 3.36. The average molecular weight is 234 g/mol. The molecule has 7 nitrogen and oxygen atoms in total. The Balaban J connectivity index is 2.15. The van der Waals surface area contributed by atoms with Crippen molar-refractivity contribution in [1.29, 1.82) is 0 Å². The molecule has 0 aliphatic heterocycles. The molecule has 0 radical (unpaired) electrons. The Kier molecular flexibility index (Phi) is 2.99. The van der Waals surface area contributed by atoms with Gasteiger partial charge in [-0.3, -0.25) is 9.59 Å². The van der Waals surface area contributed by atoms with Gasteiger partial charge in [0.2, 0.25) is 23.2 Å². The third kappa shape index (κ3) is 2.77. The Bertz CT molecular complexity index is 567. The molecule has 7 heteroatoms. The number of amides is 1. The lowest BCUT2D eigenvalue weighted by Gasteiger charge is -1.94. The smallest absolute Gasteiger partial charge is 0.247 e. The molecule has 88 valence electrons. The normalized spacial score (nSPS) is 10.2. The van der Waals surface area contributed by atoms with Crippen LogP contribution in [0.5, 0.6) is 0 Å². The van der Waals surface area contributed by atoms with Gasteiger partial charge in [-0.15, -0.1) is 0 Å². The van der Waals surface area contributed by atoms with Gasteiger partial charge in [-0.05, 0) is 6.07 Å². The predicted molar refractivity (Wildman–Crippen MR) is 57.9 cm³/mol. The quantitative estimate of drug-likeness (QED) is 0.782. The molecule has 0 unspecified atom stereocenters. The summed E-state index contributed by atoms with van der Waals surface area (Å²) in [5, 5.41) is 6.28. The Morgan fingerprint density at radius 3 is 3.00 bits per heavy atom. The van der Waals surface area contributed by atoms with Gasteiger partial charge >= 0.3 is 0 Å². The van der Waals surface area contributed by atoms with Gasteiger partial charge in [0.25, 0.3) is 0 Å². The molecule has 2 aromatic rings. The SMILES string of the molecule is CC(=O)NCc1nc(-c2ccc(=O)[nH]c2)no1. The highest BCUT2D eigenvalue weighted by Gasteiger charge is 2.08. The summed E-state index contributed by atoms with van der Waals surface area (Å²) in [6.45, 7) is 1.59. The van der Waals surface area contributed by atoms with Crippen LogP contribution in [0.1, 0.15) is 12.8 Å². The number of rotatable bonds is 3. The monoisotopic (exact) mass is 234 g/mol. The minimum Gasteiger partial charge on any atom is -0.347 e. The lowest BCUT2D eigenvalue weighted by atomic mass is 10.3. The molecule has 0 spiro atoms. The van der Waals surface area contributed by atoms with Gasteiger partial charge in [-0.25, -0.2) is 0 Å². The molecule has 2 heterocycles. The predicted octanol–water partition coefficient (Wildman–Crippen LogP) is 0.0610. The van der Waals surface area contributed by atoms with Gasteiger partial charge in [0.1, 0.15) is 0 Å². The molecular weight excluding hydrogens is 224 g/mol. The molecular formula is C10H10N4O3. The van der Waals surface area contributed by atoms with Crippen molar-refractivity contribution in [2.24, 2.45) is 0 Å². The minimum atomic E-state index is -0.198. The largest absolute Gasteiger partial charge is 0.347 e. The van der Waals surface area contributed by atoms with E-state index in [1.54, 1.807) is 6.07 Å². The molecule has 0 fully saturated rings. The van der Waals surface area contributed by atoms with E-state index >= 15 is 0 Å². The molecule has 0 aromatic carbocycles. The van der Waals surface area contributed by atoms with E-state index in [0.29, 0.717) is 17.3 Å². The summed E-state index contributed by atoms with van der Waals surface area (Å²) in [5.41, 5.74) is 0.443. The van der Waals surface area contributed by atoms with Crippen molar-refractivity contribution in [3.63, 3.8) is 0 Å². The van der Waals surface area contributed by atoms with Crippen LogP contribution >= 0.6 is 0 Å². The zero-order valence-corrected chi connectivity index (χ0v) is 9.06. The van der Waals surface area contributed by atoms with Crippen LogP contribution in [-0.4, -0.2) is 21.0 Å². The fraction of sp³-hybridized carbons (Fsp3) is 0.200. The number of pyridine rings is 1. The first kappa shape index (κ1) is 11.1. The van der Waals surface area contributed by atoms with Crippen LogP contribution in [0, 0.1) is 0 Å². The highest BCUT2D eigenvalue weighted by molar-refractivity contribution is 5.72. The Morgan fingerprint density at radius 2 is 2.35 bits per heavy atom. The van der Waals surface area contributed by atoms with Gasteiger partial charge in [0.15, 0.2) is 0 Å². The fourth-order valence-electron chi connectivity index (χ4n) is 1.19. The molecule has 0 aliphatic rings. The molecule has 0 saturated heterocycles. The third-order valence-corrected chi connectivity index (χ3v) is 2.00. The molecule has 2 rings (SSSR count). The number of nitrogens with zero attached hydrogens (tertiary/aromatic N) is 2. The number of hydrogen-bond donors (Lipinski definition) is 2. The summed E-state index contributed by atoms with van der Waals surface area (Å²) >= 11 is 0. The van der Waals surface area contributed by atoms with Gasteiger partial charge < -0.3 is 14.8 Å². The molecule has 2 aromatic heterocycles. The molecule has 1 amide bonds. The van der Waals surface area contributed by atoms with Crippen LogP contribution in [0.4, 0.5) is 0 Å². The van der Waals surface area contributed by atoms with Crippen LogP contribution in [-0.2, 0) is 11.3 Å². The molecule has 2 N–H and O–H groups in total. The summed E-state index contributed by atoms with van der Waals surface area (Å²) in [7, 11) is 0. The number of nitrogens with one attached hydrogen (secondary N) is 2. The summed E-state index contributed by atoms with van der Waals surface area (Å²) in [4.78, 5) is 28.1. The lowest BCUT2D eigenvalue weighted by molar-refractivity contribution is -0.119. The van der Waals surface area contributed by atoms with E-state index in [2.05, 4.69) is 20.4 Å². The number of carbonyl (C=O) groups excluding carboxylic acids is 1. The van der Waals surface area contributed by atoms with Gasteiger partial charge in [-0.2, -0.15) is 4.98 Å². The van der Waals surface area contributed by atoms with E-state index in [1.165, 1.54) is 19.2 Å². The van der Waals surface area contributed by atoms with Crippen molar-refractivity contribution in [3.05, 3.63) is 34.6 Å². The van der Waals surface area contributed by atoms with Crippen LogP contribution in [0.2, 0.25) is 0 Å². The van der Waals surface area contributed by atoms with E-state index in [1.807, 2.05) is 0 Å². The van der Waals surface area contributed by atoms with E-state index in [-0.39, 0.29) is 18.0 Å². The molecule has 17 heavy (non-hydrogen) atoms. The number of aromatic amines is 1. The number of carbonyl (C=O) groups is 1. The minimum absolute atomic E-state index is 0.172. The summed E-state index contributed by atoms with van der Waals surface area (Å²) in [5.74, 6) is 0.497. The zero-order chi connectivity index (χ0) is 12.3. The van der Waals surface area contributed by atoms with Crippen molar-refractivity contribution in [2.45, 2.75) is 13.5 Å². The number of hydrogen-bond acceptors (Lipinski definition) is 5. The highest BCUT2D eigenvalue weighted by atomic mass is 16.5. The first-order valence-corrected chi connectivity index (χ1v) is 4.91. The number of H-pyrrole nitrogens is 1. The summed E-state index contributed by atoms with van der Waals surface area (Å²) < 4.78 is 4.93. The van der Waals surface area contributed by atoms with Crippen LogP contribution in [0.15, 0.2) is 27.6 Å². The van der Waals surface area contributed by atoms with Crippen molar-refractivity contribution in [2.75, 3.05) is 0 Å². The average Bonchev–Trinajstić information content (AvgIpc) is 2.76. The van der Waals surface area contributed by atoms with E-state index < -0.39 is 0 Å². The van der Waals surface area contributed by atoms with Gasteiger partial charge in [0.05, 0.1) is 6.54 Å². The maximum Gasteiger partial charge on any atom is 0.247 e. The lowest BCUT2D eigenvalue weighted by Crippen LogP contribution is -2.18. The Hall–Kier alpha value is -2.44. The van der Waals surface area contributed by atoms with Crippen molar-refractivity contribution in [1.82, 2.24) is 20.4 Å². The van der Waals surface area contributed by atoms with E-state index in [9.17, 15) is 9.59 Å². The standard InChI is InChI=1S/C10H10N4O3/c1-6(15)11-5-9-13-10(14-17-9)7-2-3-8(16)12-4-7/h2-4H,5H2,1H3,(H,11,15)(H,12,16). The van der Waals surface area contributed by atoms with Crippen LogP contribution in [0.3, 0.4) is 0 Å². The van der Waals surface area contributed by atoms with Crippen molar-refractivity contribution >= 4 is 5.91 Å². The third-order valence-electron chi connectivity index (χ3n) is 2.00.